The topological polar surface area (TPSA) is 12.0 Å². The zero-order valence-electron chi connectivity index (χ0n) is 5.76. The predicted octanol–water partition coefficient (Wildman–Crippen LogP) is 2.11. The van der Waals surface area contributed by atoms with Gasteiger partial charge in [0.15, 0.2) is 0 Å². The molecule has 0 unspecified atom stereocenters. The molecule has 9 heavy (non-hydrogen) atoms. The smallest absolute Gasteiger partial charge is 0.0322 e. The lowest BCUT2D eigenvalue weighted by Gasteiger charge is -1.89. The van der Waals surface area contributed by atoms with Gasteiger partial charge in [0.05, 0.1) is 0 Å². The average molecular weight is 148 g/mol. The Balaban J connectivity index is 0. The summed E-state index contributed by atoms with van der Waals surface area (Å²) in [5.41, 5.74) is 0. The molecule has 0 aromatic carbocycles. The van der Waals surface area contributed by atoms with Crippen LogP contribution in [0, 0.1) is 0 Å². The lowest BCUT2D eigenvalue weighted by molar-refractivity contribution is 0.975. The Morgan fingerprint density at radius 2 is 2.22 bits per heavy atom. The van der Waals surface area contributed by atoms with Crippen LogP contribution in [0.4, 0.5) is 0 Å². The van der Waals surface area contributed by atoms with Crippen molar-refractivity contribution < 1.29 is 0 Å². The monoisotopic (exact) mass is 147 g/mol. The molecule has 0 bridgehead atoms. The average Bonchev–Trinajstić information content (AvgIpc) is 1.81. The van der Waals surface area contributed by atoms with E-state index < -0.39 is 0 Å². The summed E-state index contributed by atoms with van der Waals surface area (Å²) >= 11 is 0. The Morgan fingerprint density at radius 1 is 1.56 bits per heavy atom. The first-order chi connectivity index (χ1) is 3.91. The first-order valence-electron chi connectivity index (χ1n) is 2.91. The minimum absolute atomic E-state index is 0. The van der Waals surface area contributed by atoms with Crippen LogP contribution in [0.5, 0.6) is 0 Å². The van der Waals surface area contributed by atoms with Crippen molar-refractivity contribution >= 4 is 12.4 Å². The quantitative estimate of drug-likeness (QED) is 0.475. The van der Waals surface area contributed by atoms with Gasteiger partial charge in [0.25, 0.3) is 0 Å². The minimum Gasteiger partial charge on any atom is -0.388 e. The highest BCUT2D eigenvalue weighted by Gasteiger charge is 1.66. The van der Waals surface area contributed by atoms with Crippen molar-refractivity contribution in [1.82, 2.24) is 5.32 Å². The van der Waals surface area contributed by atoms with E-state index in [9.17, 15) is 0 Å². The Labute approximate surface area is 63.3 Å². The molecule has 0 saturated carbocycles. The van der Waals surface area contributed by atoms with Gasteiger partial charge in [-0.25, -0.2) is 0 Å². The Kier molecular flexibility index (Phi) is 13.3. The summed E-state index contributed by atoms with van der Waals surface area (Å²) in [5, 5.41) is 3.04. The van der Waals surface area contributed by atoms with Crippen molar-refractivity contribution in [2.24, 2.45) is 0 Å². The van der Waals surface area contributed by atoms with Crippen LogP contribution in [0.1, 0.15) is 13.3 Å². The largest absolute Gasteiger partial charge is 0.388 e. The highest BCUT2D eigenvalue weighted by atomic mass is 35.5. The predicted molar refractivity (Wildman–Crippen MR) is 44.9 cm³/mol. The Bertz CT molecular complexity index is 79.0. The molecular weight excluding hydrogens is 134 g/mol. The van der Waals surface area contributed by atoms with E-state index in [0.717, 1.165) is 13.0 Å². The van der Waals surface area contributed by atoms with E-state index in [1.54, 1.807) is 0 Å². The number of nitrogens with one attached hydrogen (secondary N) is 1. The van der Waals surface area contributed by atoms with Gasteiger partial charge in [-0.2, -0.15) is 0 Å². The number of allylic oxidation sites excluding steroid dienone is 1. The summed E-state index contributed by atoms with van der Waals surface area (Å²) in [6.07, 6.45) is 6.94. The van der Waals surface area contributed by atoms with E-state index in [1.165, 1.54) is 0 Å². The Morgan fingerprint density at radius 3 is 2.67 bits per heavy atom. The number of halogens is 1. The third-order valence-electron chi connectivity index (χ3n) is 0.734. The van der Waals surface area contributed by atoms with Gasteiger partial charge in [-0.15, -0.1) is 19.0 Å². The van der Waals surface area contributed by atoms with Gasteiger partial charge in [0.2, 0.25) is 0 Å². The van der Waals surface area contributed by atoms with E-state index in [1.807, 2.05) is 12.3 Å². The van der Waals surface area contributed by atoms with Crippen molar-refractivity contribution in [3.63, 3.8) is 0 Å². The molecule has 1 N–H and O–H groups in total. The van der Waals surface area contributed by atoms with Gasteiger partial charge >= 0.3 is 0 Å². The number of hydrogen-bond acceptors (Lipinski definition) is 1. The van der Waals surface area contributed by atoms with Gasteiger partial charge in [-0.1, -0.05) is 19.1 Å². The van der Waals surface area contributed by atoms with Crippen molar-refractivity contribution in [3.05, 3.63) is 24.9 Å². The second kappa shape index (κ2) is 10.5. The SMILES string of the molecule is C=CCNC=CCC.Cl. The van der Waals surface area contributed by atoms with Crippen LogP contribution in [0.15, 0.2) is 24.9 Å². The van der Waals surface area contributed by atoms with Crippen molar-refractivity contribution in [2.75, 3.05) is 6.54 Å². The van der Waals surface area contributed by atoms with Crippen LogP contribution < -0.4 is 5.32 Å². The lowest BCUT2D eigenvalue weighted by atomic mass is 10.5. The highest BCUT2D eigenvalue weighted by Crippen LogP contribution is 1.74. The normalized spacial score (nSPS) is 8.56. The van der Waals surface area contributed by atoms with E-state index in [-0.39, 0.29) is 12.4 Å². The first-order valence-corrected chi connectivity index (χ1v) is 2.91. The lowest BCUT2D eigenvalue weighted by Crippen LogP contribution is -2.02. The van der Waals surface area contributed by atoms with Crippen LogP contribution >= 0.6 is 12.4 Å². The van der Waals surface area contributed by atoms with Gasteiger partial charge in [-0.3, -0.25) is 0 Å². The fourth-order valence-electron chi connectivity index (χ4n) is 0.353. The van der Waals surface area contributed by atoms with Crippen LogP contribution in [0.3, 0.4) is 0 Å². The van der Waals surface area contributed by atoms with Crippen LogP contribution in [-0.4, -0.2) is 6.54 Å². The second-order valence-corrected chi connectivity index (χ2v) is 1.51. The van der Waals surface area contributed by atoms with E-state index in [0.29, 0.717) is 0 Å². The molecule has 1 nitrogen and oxygen atoms in total. The highest BCUT2D eigenvalue weighted by molar-refractivity contribution is 5.85. The molecule has 0 atom stereocenters. The second-order valence-electron chi connectivity index (χ2n) is 1.51. The molecule has 0 rings (SSSR count). The molecular formula is C7H14ClN. The summed E-state index contributed by atoms with van der Waals surface area (Å²) in [6.45, 7) is 6.52. The standard InChI is InChI=1S/C7H13N.ClH/c1-3-5-7-8-6-4-2;/h4-5,7-8H,2-3,6H2,1H3;1H. The zero-order chi connectivity index (χ0) is 6.24. The maximum absolute atomic E-state index is 3.56. The fourth-order valence-corrected chi connectivity index (χ4v) is 0.353. The van der Waals surface area contributed by atoms with Gasteiger partial charge in [0, 0.05) is 6.54 Å². The maximum atomic E-state index is 3.56. The molecule has 0 fully saturated rings. The summed E-state index contributed by atoms with van der Waals surface area (Å²) in [5.74, 6) is 0. The summed E-state index contributed by atoms with van der Waals surface area (Å²) in [6, 6.07) is 0. The number of hydrogen-bond donors (Lipinski definition) is 1. The number of rotatable bonds is 4. The summed E-state index contributed by atoms with van der Waals surface area (Å²) in [7, 11) is 0. The van der Waals surface area contributed by atoms with Gasteiger partial charge < -0.3 is 5.32 Å². The molecule has 2 heteroatoms. The molecule has 0 heterocycles. The molecule has 54 valence electrons. The van der Waals surface area contributed by atoms with Gasteiger partial charge in [-0.05, 0) is 12.6 Å². The van der Waals surface area contributed by atoms with Crippen molar-refractivity contribution in [3.8, 4) is 0 Å². The van der Waals surface area contributed by atoms with E-state index in [4.69, 9.17) is 0 Å². The summed E-state index contributed by atoms with van der Waals surface area (Å²) in [4.78, 5) is 0. The van der Waals surface area contributed by atoms with E-state index >= 15 is 0 Å². The molecule has 0 radical (unpaired) electrons. The molecule has 0 aliphatic carbocycles. The zero-order valence-corrected chi connectivity index (χ0v) is 6.58. The molecule has 0 aromatic rings. The third kappa shape index (κ3) is 11.2. The molecule has 0 aliphatic heterocycles. The summed E-state index contributed by atoms with van der Waals surface area (Å²) < 4.78 is 0. The Hall–Kier alpha value is -0.430. The van der Waals surface area contributed by atoms with Crippen LogP contribution in [-0.2, 0) is 0 Å². The molecule has 0 saturated heterocycles. The molecule has 0 aromatic heterocycles. The minimum atomic E-state index is 0. The van der Waals surface area contributed by atoms with E-state index in [2.05, 4.69) is 24.9 Å². The molecule has 0 aliphatic rings. The first kappa shape index (κ1) is 11.4. The van der Waals surface area contributed by atoms with Crippen LogP contribution in [0.2, 0.25) is 0 Å². The van der Waals surface area contributed by atoms with Gasteiger partial charge in [0.1, 0.15) is 0 Å². The fraction of sp³-hybridized carbons (Fsp3) is 0.429. The van der Waals surface area contributed by atoms with Crippen molar-refractivity contribution in [1.29, 1.82) is 0 Å². The van der Waals surface area contributed by atoms with Crippen LogP contribution in [0.25, 0.3) is 0 Å². The molecule has 0 amide bonds. The molecule has 0 spiro atoms. The third-order valence-corrected chi connectivity index (χ3v) is 0.734. The van der Waals surface area contributed by atoms with Crippen molar-refractivity contribution in [2.45, 2.75) is 13.3 Å². The maximum Gasteiger partial charge on any atom is 0.0322 e.